The number of nitrogens with one attached hydrogen (secondary N) is 1. The van der Waals surface area contributed by atoms with Crippen molar-refractivity contribution < 1.29 is 32.2 Å². The highest BCUT2D eigenvalue weighted by Gasteiger charge is 2.29. The van der Waals surface area contributed by atoms with E-state index in [1.165, 1.54) is 12.1 Å². The third-order valence-corrected chi connectivity index (χ3v) is 7.07. The van der Waals surface area contributed by atoms with Gasteiger partial charge in [-0.15, -0.1) is 0 Å². The number of rotatable bonds is 8. The lowest BCUT2D eigenvalue weighted by atomic mass is 10.2. The van der Waals surface area contributed by atoms with Crippen LogP contribution >= 0.6 is 11.8 Å². The zero-order valence-electron chi connectivity index (χ0n) is 18.0. The molecule has 0 spiro atoms. The van der Waals surface area contributed by atoms with Crippen molar-refractivity contribution in [3.8, 4) is 17.2 Å². The van der Waals surface area contributed by atoms with Crippen LogP contribution in [0.15, 0.2) is 53.4 Å². The van der Waals surface area contributed by atoms with Crippen LogP contribution in [0, 0.1) is 0 Å². The van der Waals surface area contributed by atoms with E-state index in [0.717, 1.165) is 5.75 Å². The van der Waals surface area contributed by atoms with E-state index in [-0.39, 0.29) is 28.2 Å². The minimum atomic E-state index is -3.28. The molecule has 3 rings (SSSR count). The quantitative estimate of drug-likeness (QED) is 0.346. The van der Waals surface area contributed by atoms with E-state index in [1.807, 2.05) is 0 Å². The van der Waals surface area contributed by atoms with E-state index in [4.69, 9.17) is 14.2 Å². The molecule has 0 aliphatic carbocycles. The van der Waals surface area contributed by atoms with Gasteiger partial charge in [0.25, 0.3) is 0 Å². The zero-order valence-corrected chi connectivity index (χ0v) is 19.6. The van der Waals surface area contributed by atoms with Gasteiger partial charge in [0.1, 0.15) is 29.4 Å². The fourth-order valence-corrected chi connectivity index (χ4v) is 5.23. The maximum Gasteiger partial charge on any atom is 0.408 e. The van der Waals surface area contributed by atoms with Crippen LogP contribution in [0.3, 0.4) is 0 Å². The molecule has 8 nitrogen and oxygen atoms in total. The van der Waals surface area contributed by atoms with Crippen molar-refractivity contribution >= 4 is 33.7 Å². The van der Waals surface area contributed by atoms with E-state index < -0.39 is 27.5 Å². The summed E-state index contributed by atoms with van der Waals surface area (Å²) in [6.45, 7) is 4.83. The van der Waals surface area contributed by atoms with E-state index in [1.54, 1.807) is 68.9 Å². The number of thioether (sulfide) groups is 1. The molecule has 1 fully saturated rings. The molecule has 0 bridgehead atoms. The van der Waals surface area contributed by atoms with Gasteiger partial charge in [0.05, 0.1) is 10.6 Å². The maximum absolute atomic E-state index is 12.3. The molecule has 10 heteroatoms. The van der Waals surface area contributed by atoms with Gasteiger partial charge in [-0.3, -0.25) is 0 Å². The fraction of sp³-hybridized carbons (Fsp3) is 0.364. The Bertz CT molecular complexity index is 1050. The van der Waals surface area contributed by atoms with Gasteiger partial charge in [-0.2, -0.15) is 11.8 Å². The topological polar surface area (TPSA) is 108 Å². The number of alkyl carbamates (subject to hydrolysis) is 1. The molecule has 172 valence electrons. The smallest absolute Gasteiger partial charge is 0.408 e. The molecule has 32 heavy (non-hydrogen) atoms. The molecule has 1 aliphatic heterocycles. The zero-order chi connectivity index (χ0) is 23.4. The number of carbonyl (C=O) groups excluding carboxylic acids is 2. The summed E-state index contributed by atoms with van der Waals surface area (Å²) >= 11 is 1.65. The average molecular weight is 480 g/mol. The van der Waals surface area contributed by atoms with Crippen molar-refractivity contribution in [3.63, 3.8) is 0 Å². The Balaban J connectivity index is 1.49. The molecular formula is C22H25NO7S2. The Hall–Kier alpha value is -2.72. The van der Waals surface area contributed by atoms with Gasteiger partial charge < -0.3 is 19.5 Å². The predicted molar refractivity (Wildman–Crippen MR) is 121 cm³/mol. The number of amides is 1. The Morgan fingerprint density at radius 3 is 2.06 bits per heavy atom. The van der Waals surface area contributed by atoms with Crippen LogP contribution in [0.25, 0.3) is 0 Å². The summed E-state index contributed by atoms with van der Waals surface area (Å²) in [7, 11) is -3.28. The lowest BCUT2D eigenvalue weighted by Crippen LogP contribution is -2.36. The van der Waals surface area contributed by atoms with Crippen molar-refractivity contribution in [1.29, 1.82) is 0 Å². The molecule has 1 N–H and O–H groups in total. The summed E-state index contributed by atoms with van der Waals surface area (Å²) in [4.78, 5) is 23.7. The van der Waals surface area contributed by atoms with Gasteiger partial charge in [-0.05, 0) is 69.3 Å². The first-order valence-electron chi connectivity index (χ1n) is 9.90. The second-order valence-corrected chi connectivity index (χ2v) is 11.5. The summed E-state index contributed by atoms with van der Waals surface area (Å²) in [5.41, 5.74) is -0.659. The maximum atomic E-state index is 12.3. The average Bonchev–Trinajstić information content (AvgIpc) is 3.50. The Morgan fingerprint density at radius 1 is 1.00 bits per heavy atom. The normalized spacial score (nSPS) is 15.5. The molecule has 1 heterocycles. The first kappa shape index (κ1) is 23.9. The third kappa shape index (κ3) is 7.76. The summed E-state index contributed by atoms with van der Waals surface area (Å²) in [6, 6.07) is 12.6. The predicted octanol–water partition coefficient (Wildman–Crippen LogP) is 3.80. The van der Waals surface area contributed by atoms with E-state index in [0.29, 0.717) is 11.5 Å². The molecule has 0 saturated carbocycles. The van der Waals surface area contributed by atoms with Gasteiger partial charge in [0, 0.05) is 11.0 Å². The molecule has 1 amide bonds. The molecule has 0 radical (unpaired) electrons. The van der Waals surface area contributed by atoms with Crippen molar-refractivity contribution in [1.82, 2.24) is 5.32 Å². The number of hydrogen-bond acceptors (Lipinski definition) is 8. The second-order valence-electron chi connectivity index (χ2n) is 8.11. The first-order valence-corrected chi connectivity index (χ1v) is 12.6. The second kappa shape index (κ2) is 9.83. The highest BCUT2D eigenvalue weighted by molar-refractivity contribution is 8.08. The number of esters is 1. The lowest BCUT2D eigenvalue weighted by Gasteiger charge is -2.19. The Morgan fingerprint density at radius 2 is 1.53 bits per heavy atom. The van der Waals surface area contributed by atoms with Crippen LogP contribution in [0.2, 0.25) is 0 Å². The number of sulfone groups is 1. The van der Waals surface area contributed by atoms with E-state index >= 15 is 0 Å². The standard InChI is InChI=1S/C22H25NO7S2/c1-22(2,3)30-21(25)23-12-20(24)29-17-6-4-15(5-7-17)28-16-8-10-19(11-9-16)32(26,27)14-18-13-31-18/h4-11,18H,12-14H2,1-3H3,(H,23,25). The molecule has 1 atom stereocenters. The molecular weight excluding hydrogens is 454 g/mol. The van der Waals surface area contributed by atoms with Crippen molar-refractivity contribution in [2.45, 2.75) is 36.5 Å². The minimum absolute atomic E-state index is 0.158. The van der Waals surface area contributed by atoms with Gasteiger partial charge in [0.2, 0.25) is 0 Å². The van der Waals surface area contributed by atoms with Crippen LogP contribution in [-0.2, 0) is 19.4 Å². The highest BCUT2D eigenvalue weighted by atomic mass is 32.2. The van der Waals surface area contributed by atoms with E-state index in [2.05, 4.69) is 5.32 Å². The third-order valence-electron chi connectivity index (χ3n) is 4.06. The van der Waals surface area contributed by atoms with Crippen LogP contribution < -0.4 is 14.8 Å². The summed E-state index contributed by atoms with van der Waals surface area (Å²) < 4.78 is 40.5. The van der Waals surface area contributed by atoms with Crippen molar-refractivity contribution in [3.05, 3.63) is 48.5 Å². The Labute approximate surface area is 191 Å². The molecule has 2 aromatic carbocycles. The van der Waals surface area contributed by atoms with Gasteiger partial charge in [0.15, 0.2) is 9.84 Å². The van der Waals surface area contributed by atoms with E-state index in [9.17, 15) is 18.0 Å². The monoisotopic (exact) mass is 479 g/mol. The Kier molecular flexibility index (Phi) is 7.35. The van der Waals surface area contributed by atoms with Crippen LogP contribution in [-0.4, -0.2) is 49.4 Å². The largest absolute Gasteiger partial charge is 0.457 e. The number of hydrogen-bond donors (Lipinski definition) is 1. The molecule has 1 unspecified atom stereocenters. The molecule has 1 aliphatic rings. The summed E-state index contributed by atoms with van der Waals surface area (Å²) in [5.74, 6) is 1.66. The highest BCUT2D eigenvalue weighted by Crippen LogP contribution is 2.33. The van der Waals surface area contributed by atoms with Crippen molar-refractivity contribution in [2.75, 3.05) is 18.1 Å². The number of ether oxygens (including phenoxy) is 3. The first-order chi connectivity index (χ1) is 15.0. The molecule has 0 aromatic heterocycles. The molecule has 2 aromatic rings. The van der Waals surface area contributed by atoms with Crippen LogP contribution in [0.4, 0.5) is 4.79 Å². The summed E-state index contributed by atoms with van der Waals surface area (Å²) in [5, 5.41) is 2.53. The van der Waals surface area contributed by atoms with Crippen LogP contribution in [0.5, 0.6) is 17.2 Å². The van der Waals surface area contributed by atoms with Crippen molar-refractivity contribution in [2.24, 2.45) is 0 Å². The van der Waals surface area contributed by atoms with Gasteiger partial charge >= 0.3 is 12.1 Å². The summed E-state index contributed by atoms with van der Waals surface area (Å²) in [6.07, 6.45) is -0.705. The minimum Gasteiger partial charge on any atom is -0.457 e. The molecule has 1 saturated heterocycles. The lowest BCUT2D eigenvalue weighted by molar-refractivity contribution is -0.133. The fourth-order valence-electron chi connectivity index (χ4n) is 2.56. The SMILES string of the molecule is CC(C)(C)OC(=O)NCC(=O)Oc1ccc(Oc2ccc(S(=O)(=O)CC3CS3)cc2)cc1. The van der Waals surface area contributed by atoms with Gasteiger partial charge in [-0.25, -0.2) is 18.0 Å². The van der Waals surface area contributed by atoms with Crippen LogP contribution in [0.1, 0.15) is 20.8 Å². The number of benzene rings is 2. The van der Waals surface area contributed by atoms with Gasteiger partial charge in [-0.1, -0.05) is 0 Å². The number of carbonyl (C=O) groups is 2.